The van der Waals surface area contributed by atoms with Gasteiger partial charge in [0.05, 0.1) is 31.3 Å². The van der Waals surface area contributed by atoms with E-state index in [0.29, 0.717) is 18.0 Å². The molecule has 6 nitrogen and oxygen atoms in total. The summed E-state index contributed by atoms with van der Waals surface area (Å²) in [6.07, 6.45) is 4.33. The van der Waals surface area contributed by atoms with Crippen LogP contribution in [0.1, 0.15) is 51.5 Å². The van der Waals surface area contributed by atoms with Crippen LogP contribution in [-0.4, -0.2) is 71.9 Å². The highest BCUT2D eigenvalue weighted by Gasteiger charge is 2.71. The lowest BCUT2D eigenvalue weighted by atomic mass is 9.49. The third-order valence-corrected chi connectivity index (χ3v) is 11.0. The van der Waals surface area contributed by atoms with E-state index in [1.54, 1.807) is 12.1 Å². The maximum atomic E-state index is 14.3. The first-order valence-corrected chi connectivity index (χ1v) is 14.9. The Morgan fingerprint density at radius 3 is 2.67 bits per heavy atom. The highest BCUT2D eigenvalue weighted by atomic mass is 19.4. The molecular formula is C33H40F3N2O4+. The molecule has 2 bridgehead atoms. The number of carbonyl (C=O) groups is 1. The van der Waals surface area contributed by atoms with Crippen LogP contribution in [0.3, 0.4) is 0 Å². The quantitative estimate of drug-likeness (QED) is 0.136. The minimum absolute atomic E-state index is 0.103. The normalized spacial score (nSPS) is 37.3. The molecule has 1 saturated carbocycles. The molecule has 2 N–H and O–H groups in total. The number of methoxy groups -OCH3 is 1. The molecule has 1 amide bonds. The van der Waals surface area contributed by atoms with E-state index in [2.05, 4.69) is 25.7 Å². The van der Waals surface area contributed by atoms with E-state index in [4.69, 9.17) is 9.47 Å². The van der Waals surface area contributed by atoms with Gasteiger partial charge >= 0.3 is 6.18 Å². The van der Waals surface area contributed by atoms with Gasteiger partial charge in [-0.25, -0.2) is 0 Å². The summed E-state index contributed by atoms with van der Waals surface area (Å²) in [5.41, 5.74) is -1.44. The van der Waals surface area contributed by atoms with E-state index >= 15 is 0 Å². The van der Waals surface area contributed by atoms with Crippen LogP contribution in [0.25, 0.3) is 5.76 Å². The average molecular weight is 586 g/mol. The molecule has 3 aliphatic carbocycles. The molecule has 226 valence electrons. The molecule has 2 aliphatic heterocycles. The number of likely N-dealkylation sites (tertiary alicyclic amines) is 1. The zero-order valence-electron chi connectivity index (χ0n) is 24.4. The number of halogens is 3. The second-order valence-electron chi connectivity index (χ2n) is 12.8. The van der Waals surface area contributed by atoms with Gasteiger partial charge in [-0.3, -0.25) is 4.79 Å². The zero-order valence-corrected chi connectivity index (χ0v) is 24.4. The molecule has 6 rings (SSSR count). The van der Waals surface area contributed by atoms with Crippen LogP contribution in [0.5, 0.6) is 0 Å². The van der Waals surface area contributed by atoms with Crippen molar-refractivity contribution < 1.29 is 37.0 Å². The highest BCUT2D eigenvalue weighted by molar-refractivity contribution is 6.01. The molecule has 1 aromatic carbocycles. The van der Waals surface area contributed by atoms with Crippen LogP contribution >= 0.6 is 0 Å². The summed E-state index contributed by atoms with van der Waals surface area (Å²) in [7, 11) is 1.38. The first-order valence-electron chi connectivity index (χ1n) is 14.9. The van der Waals surface area contributed by atoms with Crippen molar-refractivity contribution in [3.63, 3.8) is 0 Å². The minimum Gasteiger partial charge on any atom is -0.506 e. The summed E-state index contributed by atoms with van der Waals surface area (Å²) >= 11 is 0. The number of nitrogens with zero attached hydrogens (tertiary/aromatic N) is 1. The molecule has 2 heterocycles. The lowest BCUT2D eigenvalue weighted by Gasteiger charge is -2.64. The number of allylic oxidation sites excluding steroid dienone is 1. The summed E-state index contributed by atoms with van der Waals surface area (Å²) in [5.74, 6) is -2.24. The summed E-state index contributed by atoms with van der Waals surface area (Å²) < 4.78 is 56.6. The van der Waals surface area contributed by atoms with Crippen LogP contribution in [-0.2, 0) is 14.3 Å². The fourth-order valence-electron chi connectivity index (χ4n) is 9.17. The number of benzene rings is 1. The van der Waals surface area contributed by atoms with Crippen molar-refractivity contribution in [1.82, 2.24) is 5.32 Å². The van der Waals surface area contributed by atoms with Crippen molar-refractivity contribution in [3.8, 4) is 0 Å². The zero-order chi connectivity index (χ0) is 30.1. The number of rotatable bonds is 7. The number of quaternary nitrogens is 1. The molecule has 0 radical (unpaired) electrons. The van der Waals surface area contributed by atoms with E-state index in [0.717, 1.165) is 60.8 Å². The van der Waals surface area contributed by atoms with Crippen LogP contribution in [0, 0.1) is 11.3 Å². The Hall–Kier alpha value is -2.88. The monoisotopic (exact) mass is 585 g/mol. The maximum absolute atomic E-state index is 14.3. The molecule has 9 heteroatoms. The summed E-state index contributed by atoms with van der Waals surface area (Å²) in [4.78, 5) is 13.5. The third kappa shape index (κ3) is 3.99. The molecule has 3 unspecified atom stereocenters. The molecular weight excluding hydrogens is 545 g/mol. The van der Waals surface area contributed by atoms with Crippen molar-refractivity contribution in [1.29, 1.82) is 0 Å². The smallest absolute Gasteiger partial charge is 0.425 e. The maximum Gasteiger partial charge on any atom is 0.425 e. The van der Waals surface area contributed by atoms with Crippen LogP contribution in [0.4, 0.5) is 13.2 Å². The largest absolute Gasteiger partial charge is 0.506 e. The van der Waals surface area contributed by atoms with E-state index in [9.17, 15) is 23.1 Å². The van der Waals surface area contributed by atoms with Gasteiger partial charge in [0.1, 0.15) is 11.9 Å². The Kier molecular flexibility index (Phi) is 7.02. The Balaban J connectivity index is 1.42. The van der Waals surface area contributed by atoms with Gasteiger partial charge < -0.3 is 24.4 Å². The van der Waals surface area contributed by atoms with E-state index in [-0.39, 0.29) is 17.1 Å². The Labute approximate surface area is 245 Å². The molecule has 0 aromatic heterocycles. The predicted octanol–water partition coefficient (Wildman–Crippen LogP) is 5.98. The van der Waals surface area contributed by atoms with Gasteiger partial charge in [0, 0.05) is 36.8 Å². The number of hydrogen-bond acceptors (Lipinski definition) is 4. The Bertz CT molecular complexity index is 1370. The third-order valence-electron chi connectivity index (χ3n) is 11.0. The van der Waals surface area contributed by atoms with Crippen LogP contribution in [0.15, 0.2) is 71.9 Å². The number of piperidine rings is 1. The number of aliphatic hydroxyl groups is 1. The van der Waals surface area contributed by atoms with Crippen LogP contribution in [0.2, 0.25) is 0 Å². The Morgan fingerprint density at radius 1 is 1.29 bits per heavy atom. The van der Waals surface area contributed by atoms with Gasteiger partial charge in [-0.2, -0.15) is 13.2 Å². The molecule has 7 atom stereocenters. The summed E-state index contributed by atoms with van der Waals surface area (Å²) in [6.45, 7) is 10.5. The molecule has 3 fully saturated rings. The second kappa shape index (κ2) is 10.1. The summed E-state index contributed by atoms with van der Waals surface area (Å²) in [5, 5.41) is 13.2. The topological polar surface area (TPSA) is 67.8 Å². The number of aliphatic hydroxyl groups excluding tert-OH is 1. The number of amides is 1. The van der Waals surface area contributed by atoms with E-state index < -0.39 is 35.2 Å². The van der Waals surface area contributed by atoms with Gasteiger partial charge in [0.15, 0.2) is 11.3 Å². The number of carbonyl (C=O) groups excluding carboxylic acids is 1. The Morgan fingerprint density at radius 2 is 2.02 bits per heavy atom. The SMILES string of the molecule is C=CC[N+]1(C(C)C)CC[C@]23C4=C5C=CC(NC(=O)C(=C(O)c6ccccc6)C(F)(F)F)(OC)C4O[C@H]2CCC[C@H]3[C@H]1C5. The van der Waals surface area contributed by atoms with E-state index in [1.165, 1.54) is 31.4 Å². The van der Waals surface area contributed by atoms with Crippen molar-refractivity contribution in [2.45, 2.75) is 82.1 Å². The van der Waals surface area contributed by atoms with Gasteiger partial charge in [-0.1, -0.05) is 49.4 Å². The summed E-state index contributed by atoms with van der Waals surface area (Å²) in [6, 6.07) is 8.07. The molecule has 1 spiro atoms. The lowest BCUT2D eigenvalue weighted by Crippen LogP contribution is -2.72. The number of hydrogen-bond donors (Lipinski definition) is 2. The molecule has 1 aromatic rings. The van der Waals surface area contributed by atoms with Gasteiger partial charge in [0.25, 0.3) is 5.91 Å². The van der Waals surface area contributed by atoms with Crippen molar-refractivity contribution in [2.24, 2.45) is 11.3 Å². The van der Waals surface area contributed by atoms with E-state index in [1.807, 2.05) is 12.2 Å². The first kappa shape index (κ1) is 29.2. The standard InChI is InChI=1S/C33H39F3N2O4/c1-5-17-38(20(2)3)18-16-31-23-12-9-13-25(31)42-29-26(31)22(19-24(23)38)14-15-32(29,41-4)37-30(40)27(33(34,35)36)28(39)21-10-7-6-8-11-21/h5-8,10-11,14-15,20,23-25,29H,1,9,12-13,16-19H2,2-4H3,(H-,37,39,40)/p+1/t23-,24+,25-,29?,31+,32?,38?/m0/s1. The van der Waals surface area contributed by atoms with Gasteiger partial charge in [-0.05, 0) is 50.0 Å². The van der Waals surface area contributed by atoms with Crippen molar-refractivity contribution in [2.75, 3.05) is 20.2 Å². The van der Waals surface area contributed by atoms with Crippen LogP contribution < -0.4 is 5.32 Å². The number of ether oxygens (including phenoxy) is 2. The second-order valence-corrected chi connectivity index (χ2v) is 12.8. The fraction of sp³-hybridized carbons (Fsp3) is 0.545. The first-order chi connectivity index (χ1) is 19.9. The number of alkyl halides is 3. The molecule has 5 aliphatic rings. The molecule has 42 heavy (non-hydrogen) atoms. The van der Waals surface area contributed by atoms with Crippen molar-refractivity contribution in [3.05, 3.63) is 77.4 Å². The molecule has 2 saturated heterocycles. The predicted molar refractivity (Wildman–Crippen MR) is 153 cm³/mol. The average Bonchev–Trinajstić information content (AvgIpc) is 3.30. The fourth-order valence-corrected chi connectivity index (χ4v) is 9.17. The lowest BCUT2D eigenvalue weighted by molar-refractivity contribution is -0.976. The highest BCUT2D eigenvalue weighted by Crippen LogP contribution is 2.67. The van der Waals surface area contributed by atoms with Gasteiger partial charge in [0.2, 0.25) is 0 Å². The van der Waals surface area contributed by atoms with Gasteiger partial charge in [-0.15, -0.1) is 0 Å². The minimum atomic E-state index is -5.11. The number of nitrogens with one attached hydrogen (secondary N) is 1. The van der Waals surface area contributed by atoms with Crippen molar-refractivity contribution >= 4 is 11.7 Å².